The maximum Gasteiger partial charge on any atom is 0.338 e. The number of nitrogens with zero attached hydrogens (tertiary/aromatic N) is 10. The summed E-state index contributed by atoms with van der Waals surface area (Å²) in [6, 6.07) is 9.85. The number of carbonyl (C=O) groups excluding carboxylic acids is 1. The van der Waals surface area contributed by atoms with Crippen molar-refractivity contribution in [2.45, 2.75) is 29.4 Å². The highest BCUT2D eigenvalue weighted by Gasteiger charge is 2.31. The highest BCUT2D eigenvalue weighted by molar-refractivity contribution is 7.87. The fraction of sp³-hybridized carbons (Fsp3) is 0. The molecule has 0 atom stereocenters. The second kappa shape index (κ2) is 22.8. The number of aromatic hydroxyl groups is 2. The Morgan fingerprint density at radius 3 is 1.70 bits per heavy atom. The van der Waals surface area contributed by atoms with Gasteiger partial charge in [-0.2, -0.15) is 55.6 Å². The number of carboxylic acid groups (broad SMARTS) is 1. The van der Waals surface area contributed by atoms with Crippen molar-refractivity contribution in [1.82, 2.24) is 9.78 Å². The van der Waals surface area contributed by atoms with E-state index in [1.165, 1.54) is 0 Å². The van der Waals surface area contributed by atoms with Crippen molar-refractivity contribution < 1.29 is 112 Å². The van der Waals surface area contributed by atoms with Crippen molar-refractivity contribution in [3.63, 3.8) is 0 Å². The number of carbonyl (C=O) groups is 2. The van der Waals surface area contributed by atoms with Crippen LogP contribution in [-0.4, -0.2) is 120 Å². The average Bonchev–Trinajstić information content (AvgIpc) is 1.86. The van der Waals surface area contributed by atoms with Crippen LogP contribution in [0.15, 0.2) is 166 Å². The van der Waals surface area contributed by atoms with Crippen LogP contribution in [0.2, 0.25) is 0 Å². The molecule has 12 N–H and O–H groups in total. The molecule has 0 radical (unpaired) electrons. The number of H-pyrrole nitrogens is 1. The number of fused-ring (bicyclic) bond motifs is 2. The third-order valence-corrected chi connectivity index (χ3v) is 17.0. The molecule has 0 saturated carbocycles. The smallest absolute Gasteiger partial charge is 0.338 e. The Labute approximate surface area is 487 Å². The lowest BCUT2D eigenvalue weighted by Crippen LogP contribution is -2.18. The molecule has 1 aromatic heterocycles. The number of azo groups is 4. The highest BCUT2D eigenvalue weighted by Crippen LogP contribution is 2.48. The van der Waals surface area contributed by atoms with Crippen LogP contribution in [0, 0.1) is 10.1 Å². The molecule has 1 heterocycles. The molecule has 0 aliphatic rings. The second-order valence-electron chi connectivity index (χ2n) is 17.1. The minimum Gasteiger partial charge on any atom is -0.505 e. The molecule has 45 heteroatoms. The number of nitro benzene ring substituents is 1. The fourth-order valence-electron chi connectivity index (χ4n) is 7.89. The minimum absolute atomic E-state index is 0.131. The van der Waals surface area contributed by atoms with Crippen LogP contribution in [0.3, 0.4) is 0 Å². The first-order chi connectivity index (χ1) is 40.7. The molecule has 39 nitrogen and oxygen atoms in total. The number of hydrogen-bond acceptors (Lipinski definition) is 29. The van der Waals surface area contributed by atoms with Gasteiger partial charge in [0.2, 0.25) is 11.6 Å². The minimum atomic E-state index is -5.72. The predicted molar refractivity (Wildman–Crippen MR) is 291 cm³/mol. The van der Waals surface area contributed by atoms with E-state index < -0.39 is 214 Å². The number of nitrogen functional groups attached to an aromatic ring is 1. The quantitative estimate of drug-likeness (QED) is 0.00995. The number of ether oxygens (including phenoxy) is 1. The summed E-state index contributed by atoms with van der Waals surface area (Å²) >= 11 is 0. The number of nitrogens with one attached hydrogen (secondary N) is 1. The van der Waals surface area contributed by atoms with E-state index in [-0.39, 0.29) is 11.2 Å². The molecule has 0 unspecified atom stereocenters. The summed E-state index contributed by atoms with van der Waals surface area (Å²) in [7, 11) is -32.7. The number of carboxylic acids is 1. The third-order valence-electron chi connectivity index (χ3n) is 11.7. The Morgan fingerprint density at radius 2 is 1.11 bits per heavy atom. The molecule has 0 fully saturated rings. The molecule has 458 valence electrons. The largest absolute Gasteiger partial charge is 0.505 e. The number of aromatic amines is 1. The molecular formula is C43H28N12O27S6. The number of benzene rings is 7. The lowest BCUT2D eigenvalue weighted by atomic mass is 10.1. The van der Waals surface area contributed by atoms with Crippen LogP contribution >= 0.6 is 0 Å². The summed E-state index contributed by atoms with van der Waals surface area (Å²) in [5.41, 5.74) is -5.23. The standard InChI is InChI=1S/C43H28N12O27S6/c44-35-28(15-31(85(70,71)72)21-5-8-26(39(58)34(21)35)48-46-24-7-2-18(55(62)63)12-23(24)43(60)61)50-49-27-9-4-20-22(40(27)88(79,80)81)14-33(87(76,77)78)36(38(20)57)51-45-17-1-6-25(32(11-17)86(73,74)75)47-52-37-41(82-16-56)53-54(42(37)59)29-13-19(83(64,65)66)3-10-30(29)84(67,68)69/h1-16,53,57-58H,44H2,(H,60,61)(H,64,65,66)(H,67,68,69)(H,70,71,72)(H,73,74,75)(H,76,77,78)(H,79,80,81). The predicted octanol–water partition coefficient (Wildman–Crippen LogP) is 6.75. The SMILES string of the molecule is Nc1c(N=Nc2ccc3c(O)c(N=Nc4ccc(N=Nc5c(OC=O)[nH]n(-c6cc(S(=O)(=O)O)ccc6S(=O)(=O)O)c5=O)c(S(=O)(=O)O)c4)c(S(=O)(=O)O)cc3c2S(=O)(=O)O)cc(S(=O)(=O)O)c2ccc(N=Nc3ccc([N+](=O)[O-])cc3C(=O)O)c(O)c12. The summed E-state index contributed by atoms with van der Waals surface area (Å²) < 4.78 is 216. The normalized spacial score (nSPS) is 13.0. The van der Waals surface area contributed by atoms with Gasteiger partial charge in [-0.25, -0.2) is 9.48 Å². The van der Waals surface area contributed by atoms with Gasteiger partial charge in [0.05, 0.1) is 37.8 Å². The van der Waals surface area contributed by atoms with Crippen molar-refractivity contribution in [2.75, 3.05) is 5.73 Å². The second-order valence-corrected chi connectivity index (χ2v) is 25.4. The molecular weight excluding hydrogens is 1310 g/mol. The van der Waals surface area contributed by atoms with Gasteiger partial charge in [-0.1, -0.05) is 6.07 Å². The number of aromatic carboxylic acids is 1. The molecule has 0 saturated heterocycles. The zero-order valence-electron chi connectivity index (χ0n) is 42.1. The van der Waals surface area contributed by atoms with E-state index in [2.05, 4.69) is 45.7 Å². The Balaban J connectivity index is 1.20. The van der Waals surface area contributed by atoms with E-state index in [4.69, 9.17) is 5.73 Å². The Morgan fingerprint density at radius 1 is 0.557 bits per heavy atom. The Bertz CT molecular complexity index is 5340. The lowest BCUT2D eigenvalue weighted by molar-refractivity contribution is -0.384. The van der Waals surface area contributed by atoms with Crippen LogP contribution < -0.4 is 16.0 Å². The first-order valence-electron chi connectivity index (χ1n) is 22.4. The number of non-ortho nitro benzene ring substituents is 1. The molecule has 8 rings (SSSR count). The number of nitro groups is 1. The van der Waals surface area contributed by atoms with Crippen LogP contribution in [0.4, 0.5) is 56.9 Å². The number of rotatable bonds is 19. The first kappa shape index (κ1) is 63.7. The first-order valence-corrected chi connectivity index (χ1v) is 31.0. The summed E-state index contributed by atoms with van der Waals surface area (Å²) in [4.78, 5) is 39.6. The van der Waals surface area contributed by atoms with E-state index in [9.17, 15) is 118 Å². The molecule has 0 aliphatic heterocycles. The Kier molecular flexibility index (Phi) is 16.5. The average molecular weight is 1340 g/mol. The van der Waals surface area contributed by atoms with Crippen molar-refractivity contribution in [1.29, 1.82) is 0 Å². The maximum absolute atomic E-state index is 13.5. The van der Waals surface area contributed by atoms with Gasteiger partial charge < -0.3 is 25.8 Å². The lowest BCUT2D eigenvalue weighted by Gasteiger charge is -2.13. The number of nitrogens with two attached hydrogens (primary N) is 1. The van der Waals surface area contributed by atoms with E-state index in [0.717, 1.165) is 36.4 Å². The number of aromatic nitrogens is 2. The topological polar surface area (TPSA) is 636 Å². The zero-order valence-corrected chi connectivity index (χ0v) is 47.0. The van der Waals surface area contributed by atoms with E-state index in [1.807, 2.05) is 5.10 Å². The van der Waals surface area contributed by atoms with Gasteiger partial charge in [0.25, 0.3) is 72.9 Å². The molecule has 0 aliphatic carbocycles. The molecule has 88 heavy (non-hydrogen) atoms. The zero-order chi connectivity index (χ0) is 65.1. The van der Waals surface area contributed by atoms with Crippen LogP contribution in [0.5, 0.6) is 17.4 Å². The van der Waals surface area contributed by atoms with Gasteiger partial charge in [0.1, 0.15) is 58.6 Å². The van der Waals surface area contributed by atoms with Crippen molar-refractivity contribution in [2.24, 2.45) is 40.9 Å². The van der Waals surface area contributed by atoms with Gasteiger partial charge in [-0.3, -0.25) is 52.1 Å². The highest BCUT2D eigenvalue weighted by atomic mass is 32.2. The van der Waals surface area contributed by atoms with E-state index in [1.54, 1.807) is 0 Å². The molecule has 0 bridgehead atoms. The fourth-order valence-corrected chi connectivity index (χ4v) is 11.9. The van der Waals surface area contributed by atoms with Crippen LogP contribution in [-0.2, 0) is 65.5 Å². The van der Waals surface area contributed by atoms with Gasteiger partial charge in [-0.15, -0.1) is 35.8 Å². The maximum atomic E-state index is 13.5. The molecule has 0 amide bonds. The summed E-state index contributed by atoms with van der Waals surface area (Å²) in [5.74, 6) is -5.08. The van der Waals surface area contributed by atoms with Gasteiger partial charge in [0, 0.05) is 28.3 Å². The van der Waals surface area contributed by atoms with Gasteiger partial charge in [-0.05, 0) is 72.8 Å². The van der Waals surface area contributed by atoms with Crippen molar-refractivity contribution in [3.8, 4) is 23.1 Å². The van der Waals surface area contributed by atoms with E-state index in [0.29, 0.717) is 54.6 Å². The number of phenolic OH excluding ortho intramolecular Hbond substituents is 2. The van der Waals surface area contributed by atoms with Crippen LogP contribution in [0.1, 0.15) is 10.4 Å². The third kappa shape index (κ3) is 12.8. The Hall–Kier alpha value is -10.3. The summed E-state index contributed by atoms with van der Waals surface area (Å²) in [6.45, 7) is -0.324. The van der Waals surface area contributed by atoms with Gasteiger partial charge >= 0.3 is 11.5 Å². The van der Waals surface area contributed by atoms with Gasteiger partial charge in [0.15, 0.2) is 11.5 Å². The summed E-state index contributed by atoms with van der Waals surface area (Å²) in [6.07, 6.45) is 0. The number of anilines is 1. The van der Waals surface area contributed by atoms with E-state index >= 15 is 0 Å². The van der Waals surface area contributed by atoms with Crippen molar-refractivity contribution in [3.05, 3.63) is 117 Å². The summed E-state index contributed by atoms with van der Waals surface area (Å²) in [5, 5.41) is 71.6. The number of hydrogen-bond donors (Lipinski definition) is 11. The van der Waals surface area contributed by atoms with Crippen LogP contribution in [0.25, 0.3) is 27.2 Å². The molecule has 7 aromatic carbocycles. The molecule has 8 aromatic rings. The van der Waals surface area contributed by atoms with Crippen molar-refractivity contribution >= 4 is 152 Å². The monoisotopic (exact) mass is 1340 g/mol. The molecule has 0 spiro atoms. The number of phenols is 2.